The lowest BCUT2D eigenvalue weighted by Gasteiger charge is -2.34. The summed E-state index contributed by atoms with van der Waals surface area (Å²) in [5.74, 6) is -3.93. The number of primary amides is 1. The number of benzene rings is 1. The second-order valence-electron chi connectivity index (χ2n) is 15.0. The molecule has 12 nitrogen and oxygen atoms in total. The highest BCUT2D eigenvalue weighted by atomic mass is 16.6. The summed E-state index contributed by atoms with van der Waals surface area (Å²) in [6.07, 6.45) is 2.18. The van der Waals surface area contributed by atoms with Crippen LogP contribution in [0.5, 0.6) is 0 Å². The smallest absolute Gasteiger partial charge is 0.329 e. The number of hydrogen-bond donors (Lipinski definition) is 4. The molecule has 1 fully saturated rings. The van der Waals surface area contributed by atoms with E-state index >= 15 is 0 Å². The van der Waals surface area contributed by atoms with E-state index in [2.05, 4.69) is 16.0 Å². The third-order valence-electron chi connectivity index (χ3n) is 8.31. The Morgan fingerprint density at radius 2 is 1.48 bits per heavy atom. The number of likely N-dealkylation sites (tertiary alicyclic amines) is 1. The molecule has 12 heteroatoms. The van der Waals surface area contributed by atoms with Gasteiger partial charge >= 0.3 is 12.0 Å². The predicted molar refractivity (Wildman–Crippen MR) is 184 cm³/mol. The van der Waals surface area contributed by atoms with Gasteiger partial charge in [0.1, 0.15) is 23.7 Å². The van der Waals surface area contributed by atoms with E-state index < -0.39 is 70.7 Å². The van der Waals surface area contributed by atoms with Crippen LogP contribution in [0.25, 0.3) is 0 Å². The molecule has 0 radical (unpaired) electrons. The SMILES string of the molecule is CC.CC(C)CC(NC(=O)C1CCCN1C(=O)C(NC(=O)NC(C(=O)OC(C)(C)C)C(C)(C)C)C1Cc2ccccc2C1)C(=O)C(N)=O. The van der Waals surface area contributed by atoms with Gasteiger partial charge in [-0.3, -0.25) is 19.2 Å². The molecule has 0 spiro atoms. The van der Waals surface area contributed by atoms with Crippen molar-refractivity contribution in [2.75, 3.05) is 6.54 Å². The maximum atomic E-state index is 14.3. The van der Waals surface area contributed by atoms with Crippen molar-refractivity contribution in [2.45, 2.75) is 131 Å². The molecule has 1 aliphatic heterocycles. The van der Waals surface area contributed by atoms with Crippen molar-refractivity contribution in [1.29, 1.82) is 0 Å². The summed E-state index contributed by atoms with van der Waals surface area (Å²) < 4.78 is 5.58. The number of fused-ring (bicyclic) bond motifs is 1. The standard InChI is InChI=1S/C34H51N5O7.C2H6/c1-19(2)16-23(26(40)28(35)41)36-29(42)24-14-11-15-39(24)30(43)25(22-17-20-12-9-10-13-21(20)18-22)37-32(45)38-27(33(3,4)5)31(44)46-34(6,7)8;1-2/h9-10,12-13,19,22-25,27H,11,14-18H2,1-8H3,(H2,35,41)(H,36,42)(H2,37,38,45);1-2H3. The van der Waals surface area contributed by atoms with E-state index in [0.29, 0.717) is 25.7 Å². The van der Waals surface area contributed by atoms with Gasteiger partial charge in [0.25, 0.3) is 5.91 Å². The highest BCUT2D eigenvalue weighted by Gasteiger charge is 2.44. The Morgan fingerprint density at radius 1 is 0.917 bits per heavy atom. The Morgan fingerprint density at radius 3 is 1.96 bits per heavy atom. The molecule has 1 saturated heterocycles. The lowest BCUT2D eigenvalue weighted by atomic mass is 9.86. The van der Waals surface area contributed by atoms with E-state index in [9.17, 15) is 28.8 Å². The van der Waals surface area contributed by atoms with Gasteiger partial charge in [0.15, 0.2) is 0 Å². The Labute approximate surface area is 285 Å². The van der Waals surface area contributed by atoms with Crippen molar-refractivity contribution in [2.24, 2.45) is 23.0 Å². The zero-order valence-corrected chi connectivity index (χ0v) is 30.4. The Hall–Kier alpha value is -3.96. The molecule has 268 valence electrons. The van der Waals surface area contributed by atoms with Crippen molar-refractivity contribution in [1.82, 2.24) is 20.9 Å². The second kappa shape index (κ2) is 16.9. The number of hydrogen-bond acceptors (Lipinski definition) is 7. The van der Waals surface area contributed by atoms with E-state index in [1.807, 2.05) is 52.0 Å². The van der Waals surface area contributed by atoms with Crippen molar-refractivity contribution in [3.8, 4) is 0 Å². The summed E-state index contributed by atoms with van der Waals surface area (Å²) in [6.45, 7) is 18.6. The van der Waals surface area contributed by atoms with Crippen LogP contribution in [0.3, 0.4) is 0 Å². The number of nitrogens with one attached hydrogen (secondary N) is 3. The molecule has 0 saturated carbocycles. The van der Waals surface area contributed by atoms with Crippen LogP contribution in [0.1, 0.15) is 99.6 Å². The molecule has 5 amide bonds. The summed E-state index contributed by atoms with van der Waals surface area (Å²) in [7, 11) is 0. The first-order chi connectivity index (χ1) is 22.3. The number of nitrogens with two attached hydrogens (primary N) is 1. The Balaban J connectivity index is 0.00000392. The number of rotatable bonds is 11. The molecule has 1 aromatic rings. The van der Waals surface area contributed by atoms with Gasteiger partial charge in [-0.05, 0) is 81.3 Å². The van der Waals surface area contributed by atoms with Crippen LogP contribution in [0.15, 0.2) is 24.3 Å². The number of esters is 1. The quantitative estimate of drug-likeness (QED) is 0.206. The fourth-order valence-electron chi connectivity index (χ4n) is 6.14. The average Bonchev–Trinajstić information content (AvgIpc) is 3.64. The first-order valence-electron chi connectivity index (χ1n) is 17.1. The van der Waals surface area contributed by atoms with Gasteiger partial charge in [-0.15, -0.1) is 0 Å². The molecule has 1 aromatic carbocycles. The molecule has 5 N–H and O–H groups in total. The molecule has 1 aliphatic carbocycles. The Kier molecular flexibility index (Phi) is 14.2. The van der Waals surface area contributed by atoms with Crippen molar-refractivity contribution in [3.63, 3.8) is 0 Å². The summed E-state index contributed by atoms with van der Waals surface area (Å²) in [4.78, 5) is 80.1. The van der Waals surface area contributed by atoms with Gasteiger partial charge < -0.3 is 31.3 Å². The number of ketones is 1. The summed E-state index contributed by atoms with van der Waals surface area (Å²) in [6, 6.07) is 3.11. The largest absolute Gasteiger partial charge is 0.458 e. The number of carbonyl (C=O) groups excluding carboxylic acids is 6. The van der Waals surface area contributed by atoms with Gasteiger partial charge in [0.2, 0.25) is 17.6 Å². The monoisotopic (exact) mass is 671 g/mol. The molecule has 3 rings (SSSR count). The number of Topliss-reactive ketones (excluding diaryl/α,β-unsaturated/α-hetero) is 1. The predicted octanol–water partition coefficient (Wildman–Crippen LogP) is 3.43. The molecule has 0 aromatic heterocycles. The van der Waals surface area contributed by atoms with Crippen LogP contribution in [0.2, 0.25) is 0 Å². The minimum atomic E-state index is -1.14. The molecule has 2 aliphatic rings. The minimum absolute atomic E-state index is 0.0105. The highest BCUT2D eigenvalue weighted by molar-refractivity contribution is 6.37. The topological polar surface area (TPSA) is 177 Å². The maximum Gasteiger partial charge on any atom is 0.329 e. The van der Waals surface area contributed by atoms with Gasteiger partial charge in [-0.2, -0.15) is 0 Å². The summed E-state index contributed by atoms with van der Waals surface area (Å²) >= 11 is 0. The molecule has 4 unspecified atom stereocenters. The third kappa shape index (κ3) is 11.1. The minimum Gasteiger partial charge on any atom is -0.458 e. The van der Waals surface area contributed by atoms with Crippen LogP contribution >= 0.6 is 0 Å². The van der Waals surface area contributed by atoms with Gasteiger partial charge in [-0.1, -0.05) is 72.7 Å². The second-order valence-corrected chi connectivity index (χ2v) is 15.0. The van der Waals surface area contributed by atoms with Crippen molar-refractivity contribution >= 4 is 35.5 Å². The van der Waals surface area contributed by atoms with E-state index in [1.54, 1.807) is 41.5 Å². The van der Waals surface area contributed by atoms with Crippen molar-refractivity contribution in [3.05, 3.63) is 35.4 Å². The maximum absolute atomic E-state index is 14.3. The average molecular weight is 672 g/mol. The van der Waals surface area contributed by atoms with Gasteiger partial charge in [0, 0.05) is 6.54 Å². The van der Waals surface area contributed by atoms with E-state index in [-0.39, 0.29) is 24.8 Å². The van der Waals surface area contributed by atoms with Crippen LogP contribution in [0.4, 0.5) is 4.79 Å². The number of ether oxygens (including phenoxy) is 1. The highest BCUT2D eigenvalue weighted by Crippen LogP contribution is 2.31. The Bertz CT molecular complexity index is 1310. The molecule has 4 atom stereocenters. The van der Waals surface area contributed by atoms with Gasteiger partial charge in [0.05, 0.1) is 6.04 Å². The molecule has 48 heavy (non-hydrogen) atoms. The first kappa shape index (κ1) is 40.2. The number of urea groups is 1. The van der Waals surface area contributed by atoms with Crippen LogP contribution < -0.4 is 21.7 Å². The molecular formula is C36H57N5O7. The zero-order chi connectivity index (χ0) is 36.6. The number of carbonyl (C=O) groups is 6. The van der Waals surface area contributed by atoms with Gasteiger partial charge in [-0.25, -0.2) is 9.59 Å². The molecule has 0 bridgehead atoms. The first-order valence-corrected chi connectivity index (χ1v) is 17.1. The van der Waals surface area contributed by atoms with Crippen molar-refractivity contribution < 1.29 is 33.5 Å². The van der Waals surface area contributed by atoms with E-state index in [0.717, 1.165) is 11.1 Å². The number of amides is 5. The van der Waals surface area contributed by atoms with Crippen LogP contribution in [0, 0.1) is 17.3 Å². The summed E-state index contributed by atoms with van der Waals surface area (Å²) in [5, 5.41) is 8.26. The fraction of sp³-hybridized carbons (Fsp3) is 0.667. The normalized spacial score (nSPS) is 18.1. The third-order valence-corrected chi connectivity index (χ3v) is 8.31. The van der Waals surface area contributed by atoms with E-state index in [4.69, 9.17) is 10.5 Å². The zero-order valence-electron chi connectivity index (χ0n) is 30.4. The number of nitrogens with zero attached hydrogens (tertiary/aromatic N) is 1. The lowest BCUT2D eigenvalue weighted by molar-refractivity contribution is -0.160. The summed E-state index contributed by atoms with van der Waals surface area (Å²) in [5.41, 5.74) is 5.92. The van der Waals surface area contributed by atoms with E-state index in [1.165, 1.54) is 4.90 Å². The fourth-order valence-corrected chi connectivity index (χ4v) is 6.14. The molecular weight excluding hydrogens is 614 g/mol. The van der Waals surface area contributed by atoms with Crippen LogP contribution in [-0.2, 0) is 41.6 Å². The lowest BCUT2D eigenvalue weighted by Crippen LogP contribution is -2.61. The van der Waals surface area contributed by atoms with Crippen LogP contribution in [-0.4, -0.2) is 76.7 Å². The molecule has 1 heterocycles.